The molecule has 1 aromatic heterocycles. The van der Waals surface area contributed by atoms with Crippen molar-refractivity contribution in [3.63, 3.8) is 0 Å². The Morgan fingerprint density at radius 2 is 2.12 bits per heavy atom. The molecule has 16 heavy (non-hydrogen) atoms. The van der Waals surface area contributed by atoms with Crippen molar-refractivity contribution in [3.8, 4) is 0 Å². The van der Waals surface area contributed by atoms with Crippen LogP contribution in [-0.4, -0.2) is 16.3 Å². The van der Waals surface area contributed by atoms with Gasteiger partial charge in [-0.1, -0.05) is 0 Å². The number of carbonyl (C=O) groups is 1. The van der Waals surface area contributed by atoms with Gasteiger partial charge in [-0.25, -0.2) is 4.79 Å². The number of nitrogens with one attached hydrogen (secondary N) is 1. The fourth-order valence-corrected chi connectivity index (χ4v) is 1.05. The van der Waals surface area contributed by atoms with Gasteiger partial charge in [-0.05, 0) is 26.8 Å². The zero-order chi connectivity index (χ0) is 12.3. The molecule has 1 rings (SSSR count). The van der Waals surface area contributed by atoms with E-state index in [1.54, 1.807) is 40.1 Å². The molecule has 1 aromatic rings. The molecule has 0 radical (unpaired) electrons. The summed E-state index contributed by atoms with van der Waals surface area (Å²) in [6, 6.07) is 2.97. The number of aromatic nitrogens is 1. The number of ether oxygens (including phenoxy) is 1. The lowest BCUT2D eigenvalue weighted by atomic mass is 10.2. The summed E-state index contributed by atoms with van der Waals surface area (Å²) in [6.07, 6.45) is 1.01. The number of pyridine rings is 1. The van der Waals surface area contributed by atoms with Gasteiger partial charge >= 0.3 is 6.09 Å². The molecule has 0 aliphatic rings. The first-order valence-electron chi connectivity index (χ1n) is 4.94. The second-order valence-electron chi connectivity index (χ2n) is 4.49. The first-order chi connectivity index (χ1) is 7.28. The summed E-state index contributed by atoms with van der Waals surface area (Å²) in [5, 5.41) is 2.49. The molecule has 90 valence electrons. The highest BCUT2D eigenvalue weighted by atomic mass is 16.6. The molecule has 1 heterocycles. The molecule has 0 aromatic carbocycles. The maximum Gasteiger partial charge on any atom is 0.412 e. The van der Waals surface area contributed by atoms with Gasteiger partial charge in [0.15, 0.2) is 0 Å². The molecule has 0 aliphatic carbocycles. The van der Waals surface area contributed by atoms with Crippen LogP contribution in [0.5, 0.6) is 0 Å². The Morgan fingerprint density at radius 1 is 1.50 bits per heavy atom. The third-order valence-corrected chi connectivity index (χ3v) is 1.75. The van der Waals surface area contributed by atoms with Crippen LogP contribution in [0.1, 0.15) is 22.2 Å². The molecule has 0 atom stereocenters. The Balaban J connectivity index is 0.00000256. The smallest absolute Gasteiger partial charge is 0.412 e. The van der Waals surface area contributed by atoms with E-state index < -0.39 is 11.7 Å². The molecular formula is C11H18N2O3. The Bertz CT molecular complexity index is 449. The molecule has 0 aliphatic heterocycles. The topological polar surface area (TPSA) is 60.3 Å². The highest BCUT2D eigenvalue weighted by molar-refractivity contribution is 5.84. The Morgan fingerprint density at radius 3 is 2.62 bits per heavy atom. The normalized spacial score (nSPS) is 11.0. The van der Waals surface area contributed by atoms with Crippen molar-refractivity contribution < 1.29 is 11.0 Å². The van der Waals surface area contributed by atoms with E-state index in [1.807, 2.05) is 0 Å². The lowest BCUT2D eigenvalue weighted by molar-refractivity contribution is 0.0636. The monoisotopic (exact) mass is 226 g/mol. The van der Waals surface area contributed by atoms with E-state index >= 15 is 0 Å². The molecule has 0 fully saturated rings. The van der Waals surface area contributed by atoms with Crippen LogP contribution in [0.25, 0.3) is 0 Å². The van der Waals surface area contributed by atoms with Crippen molar-refractivity contribution >= 4 is 11.8 Å². The highest BCUT2D eigenvalue weighted by Crippen LogP contribution is 2.09. The molecule has 5 nitrogen and oxygen atoms in total. The number of amides is 1. The molecule has 0 saturated carbocycles. The minimum absolute atomic E-state index is 0. The summed E-state index contributed by atoms with van der Waals surface area (Å²) in [5.74, 6) is 0. The Labute approximate surface area is 95.5 Å². The van der Waals surface area contributed by atoms with Crippen LogP contribution in [0.4, 0.5) is 10.5 Å². The van der Waals surface area contributed by atoms with Gasteiger partial charge in [0.2, 0.25) is 0 Å². The quantitative estimate of drug-likeness (QED) is 0.796. The molecule has 0 spiro atoms. The fourth-order valence-electron chi connectivity index (χ4n) is 1.05. The van der Waals surface area contributed by atoms with Gasteiger partial charge in [-0.15, -0.1) is 0 Å². The van der Waals surface area contributed by atoms with Crippen molar-refractivity contribution in [3.05, 3.63) is 28.7 Å². The Hall–Kier alpha value is -1.78. The molecule has 5 heteroatoms. The van der Waals surface area contributed by atoms with E-state index in [0.717, 1.165) is 0 Å². The number of aryl methyl sites for hydroxylation is 1. The third kappa shape index (κ3) is 3.76. The summed E-state index contributed by atoms with van der Waals surface area (Å²) in [4.78, 5) is 22.7. The van der Waals surface area contributed by atoms with Crippen LogP contribution in [0.15, 0.2) is 23.1 Å². The van der Waals surface area contributed by atoms with Crippen LogP contribution >= 0.6 is 0 Å². The first-order valence-corrected chi connectivity index (χ1v) is 4.94. The number of rotatable bonds is 1. The van der Waals surface area contributed by atoms with Crippen molar-refractivity contribution in [2.45, 2.75) is 26.4 Å². The van der Waals surface area contributed by atoms with Gasteiger partial charge in [0.25, 0.3) is 5.56 Å². The second-order valence-corrected chi connectivity index (χ2v) is 4.49. The van der Waals surface area contributed by atoms with Gasteiger partial charge in [0, 0.05) is 20.7 Å². The van der Waals surface area contributed by atoms with Crippen LogP contribution in [0.2, 0.25) is 0 Å². The van der Waals surface area contributed by atoms with Crippen LogP contribution < -0.4 is 10.9 Å². The summed E-state index contributed by atoms with van der Waals surface area (Å²) in [7, 11) is 1.64. The second kappa shape index (κ2) is 4.38. The predicted octanol–water partition coefficient (Wildman–Crippen LogP) is 1.98. The number of hydrogen-bond acceptors (Lipinski definition) is 3. The average Bonchev–Trinajstić information content (AvgIpc) is 2.08. The molecule has 0 unspecified atom stereocenters. The molecule has 1 N–H and O–H groups in total. The minimum atomic E-state index is -0.569. The standard InChI is InChI=1S/C11H16N2O3.H2/c1-11(2,3)16-10(15)12-8-5-6-13(4)9(14)7-8;/h5-7H,1-4H3,(H,12,15);1H. The molecular weight excluding hydrogens is 208 g/mol. The van der Waals surface area contributed by atoms with Crippen molar-refractivity contribution in [1.82, 2.24) is 4.57 Å². The van der Waals surface area contributed by atoms with Crippen LogP contribution in [0, 0.1) is 0 Å². The molecule has 0 saturated heterocycles. The van der Waals surface area contributed by atoms with Gasteiger partial charge in [0.05, 0.1) is 5.69 Å². The highest BCUT2D eigenvalue weighted by Gasteiger charge is 2.16. The van der Waals surface area contributed by atoms with E-state index in [4.69, 9.17) is 4.74 Å². The average molecular weight is 226 g/mol. The Kier molecular flexibility index (Phi) is 3.37. The first kappa shape index (κ1) is 12.3. The van der Waals surface area contributed by atoms with Gasteiger partial charge in [-0.2, -0.15) is 0 Å². The summed E-state index contributed by atoms with van der Waals surface area (Å²) < 4.78 is 6.47. The summed E-state index contributed by atoms with van der Waals surface area (Å²) in [5.41, 5.74) is -0.310. The van der Waals surface area contributed by atoms with E-state index in [2.05, 4.69) is 5.32 Å². The lowest BCUT2D eigenvalue weighted by Gasteiger charge is -2.19. The van der Waals surface area contributed by atoms with E-state index in [-0.39, 0.29) is 6.99 Å². The zero-order valence-electron chi connectivity index (χ0n) is 9.90. The van der Waals surface area contributed by atoms with Gasteiger partial charge in [0.1, 0.15) is 5.60 Å². The van der Waals surface area contributed by atoms with E-state index in [1.165, 1.54) is 10.6 Å². The largest absolute Gasteiger partial charge is 0.444 e. The molecule has 0 bridgehead atoms. The van der Waals surface area contributed by atoms with Crippen LogP contribution in [-0.2, 0) is 11.8 Å². The number of nitrogens with zero attached hydrogens (tertiary/aromatic N) is 1. The molecule has 1 amide bonds. The van der Waals surface area contributed by atoms with Crippen LogP contribution in [0.3, 0.4) is 0 Å². The van der Waals surface area contributed by atoms with Crippen molar-refractivity contribution in [1.29, 1.82) is 0 Å². The third-order valence-electron chi connectivity index (χ3n) is 1.75. The van der Waals surface area contributed by atoms with Crippen molar-refractivity contribution in [2.75, 3.05) is 5.32 Å². The maximum absolute atomic E-state index is 11.4. The SMILES string of the molecule is Cn1ccc(NC(=O)OC(C)(C)C)cc1=O.[HH]. The fraction of sp³-hybridized carbons (Fsp3) is 0.455. The summed E-state index contributed by atoms with van der Waals surface area (Å²) in [6.45, 7) is 5.32. The summed E-state index contributed by atoms with van der Waals surface area (Å²) >= 11 is 0. The van der Waals surface area contributed by atoms with E-state index in [0.29, 0.717) is 5.69 Å². The van der Waals surface area contributed by atoms with Crippen molar-refractivity contribution in [2.24, 2.45) is 7.05 Å². The number of anilines is 1. The van der Waals surface area contributed by atoms with Gasteiger partial charge < -0.3 is 9.30 Å². The minimum Gasteiger partial charge on any atom is -0.444 e. The predicted molar refractivity (Wildman–Crippen MR) is 63.7 cm³/mol. The number of carbonyl (C=O) groups excluding carboxylic acids is 1. The zero-order valence-corrected chi connectivity index (χ0v) is 9.90. The maximum atomic E-state index is 11.4. The number of hydrogen-bond donors (Lipinski definition) is 1. The van der Waals surface area contributed by atoms with Gasteiger partial charge in [-0.3, -0.25) is 10.1 Å². The lowest BCUT2D eigenvalue weighted by Crippen LogP contribution is -2.27. The van der Waals surface area contributed by atoms with E-state index in [9.17, 15) is 9.59 Å².